The van der Waals surface area contributed by atoms with Crippen LogP contribution in [0.3, 0.4) is 0 Å². The van der Waals surface area contributed by atoms with Crippen molar-refractivity contribution >= 4 is 43.5 Å². The number of hydrogen-bond donors (Lipinski definition) is 1. The summed E-state index contributed by atoms with van der Waals surface area (Å²) in [6.45, 7) is 0.222. The SMILES string of the molecule is O=C(O)[C@H]1CCCCN1S(=O)(=O)c1ccc(Cl)c(Br)c1. The van der Waals surface area contributed by atoms with E-state index in [1.54, 1.807) is 0 Å². The molecule has 110 valence electrons. The van der Waals surface area contributed by atoms with Crippen LogP contribution in [-0.4, -0.2) is 36.4 Å². The first-order valence-electron chi connectivity index (χ1n) is 6.04. The van der Waals surface area contributed by atoms with Crippen molar-refractivity contribution in [1.29, 1.82) is 0 Å². The maximum Gasteiger partial charge on any atom is 0.322 e. The molecule has 1 aromatic rings. The summed E-state index contributed by atoms with van der Waals surface area (Å²) in [6.07, 6.45) is 1.72. The number of benzene rings is 1. The number of piperidine rings is 1. The molecule has 5 nitrogen and oxygen atoms in total. The Balaban J connectivity index is 2.42. The monoisotopic (exact) mass is 381 g/mol. The summed E-state index contributed by atoms with van der Waals surface area (Å²) in [4.78, 5) is 11.3. The summed E-state index contributed by atoms with van der Waals surface area (Å²) in [5.74, 6) is -1.11. The highest BCUT2D eigenvalue weighted by atomic mass is 79.9. The van der Waals surface area contributed by atoms with E-state index >= 15 is 0 Å². The van der Waals surface area contributed by atoms with Gasteiger partial charge in [0.1, 0.15) is 6.04 Å². The first-order valence-corrected chi connectivity index (χ1v) is 8.65. The van der Waals surface area contributed by atoms with Crippen LogP contribution in [0, 0.1) is 0 Å². The van der Waals surface area contributed by atoms with Gasteiger partial charge in [-0.1, -0.05) is 11.6 Å². The maximum absolute atomic E-state index is 12.6. The number of rotatable bonds is 3. The molecule has 20 heavy (non-hydrogen) atoms. The molecule has 0 amide bonds. The third kappa shape index (κ3) is 3.00. The summed E-state index contributed by atoms with van der Waals surface area (Å²) in [5, 5.41) is 9.58. The number of carboxylic acid groups (broad SMARTS) is 1. The Bertz CT molecular complexity index is 634. The fraction of sp³-hybridized carbons (Fsp3) is 0.417. The third-order valence-corrected chi connectivity index (χ3v) is 6.35. The summed E-state index contributed by atoms with van der Waals surface area (Å²) < 4.78 is 26.7. The van der Waals surface area contributed by atoms with Gasteiger partial charge >= 0.3 is 5.97 Å². The van der Waals surface area contributed by atoms with Crippen molar-refractivity contribution in [2.45, 2.75) is 30.2 Å². The number of carbonyl (C=O) groups is 1. The lowest BCUT2D eigenvalue weighted by Gasteiger charge is -2.31. The van der Waals surface area contributed by atoms with E-state index in [-0.39, 0.29) is 11.4 Å². The summed E-state index contributed by atoms with van der Waals surface area (Å²) in [5.41, 5.74) is 0. The van der Waals surface area contributed by atoms with E-state index in [0.29, 0.717) is 28.8 Å². The van der Waals surface area contributed by atoms with Gasteiger partial charge in [-0.3, -0.25) is 4.79 Å². The highest BCUT2D eigenvalue weighted by molar-refractivity contribution is 9.10. The summed E-state index contributed by atoms with van der Waals surface area (Å²) in [7, 11) is -3.83. The van der Waals surface area contributed by atoms with Crippen molar-refractivity contribution in [2.24, 2.45) is 0 Å². The maximum atomic E-state index is 12.6. The van der Waals surface area contributed by atoms with E-state index in [0.717, 1.165) is 4.31 Å². The second kappa shape index (κ2) is 6.01. The van der Waals surface area contributed by atoms with Crippen LogP contribution in [0.25, 0.3) is 0 Å². The minimum Gasteiger partial charge on any atom is -0.480 e. The molecule has 1 fully saturated rings. The van der Waals surface area contributed by atoms with Gasteiger partial charge in [0, 0.05) is 11.0 Å². The van der Waals surface area contributed by atoms with Crippen LogP contribution < -0.4 is 0 Å². The molecule has 1 atom stereocenters. The molecule has 0 unspecified atom stereocenters. The molecule has 8 heteroatoms. The molecule has 0 aromatic heterocycles. The predicted molar refractivity (Wildman–Crippen MR) is 78.3 cm³/mol. The lowest BCUT2D eigenvalue weighted by molar-refractivity contribution is -0.142. The number of aliphatic carboxylic acids is 1. The molecule has 2 rings (SSSR count). The zero-order chi connectivity index (χ0) is 14.9. The van der Waals surface area contributed by atoms with Gasteiger partial charge in [0.15, 0.2) is 0 Å². The Kier molecular flexibility index (Phi) is 4.73. The molecule has 1 saturated heterocycles. The van der Waals surface area contributed by atoms with E-state index in [1.165, 1.54) is 18.2 Å². The molecule has 1 N–H and O–H groups in total. The van der Waals surface area contributed by atoms with E-state index in [9.17, 15) is 18.3 Å². The fourth-order valence-electron chi connectivity index (χ4n) is 2.21. The molecule has 1 heterocycles. The molecule has 0 spiro atoms. The number of carboxylic acids is 1. The van der Waals surface area contributed by atoms with Crippen LogP contribution >= 0.6 is 27.5 Å². The zero-order valence-corrected chi connectivity index (χ0v) is 13.6. The van der Waals surface area contributed by atoms with Crippen molar-refractivity contribution in [3.05, 3.63) is 27.7 Å². The molecule has 0 aliphatic carbocycles. The van der Waals surface area contributed by atoms with Gasteiger partial charge in [0.25, 0.3) is 0 Å². The largest absolute Gasteiger partial charge is 0.480 e. The molecule has 0 bridgehead atoms. The summed E-state index contributed by atoms with van der Waals surface area (Å²) >= 11 is 9.02. The molecular weight excluding hydrogens is 370 g/mol. The van der Waals surface area contributed by atoms with E-state index in [4.69, 9.17) is 11.6 Å². The quantitative estimate of drug-likeness (QED) is 0.872. The van der Waals surface area contributed by atoms with Crippen LogP contribution in [0.5, 0.6) is 0 Å². The Labute approximate surface area is 130 Å². The highest BCUT2D eigenvalue weighted by Crippen LogP contribution is 2.30. The van der Waals surface area contributed by atoms with Gasteiger partial charge in [-0.15, -0.1) is 0 Å². The average Bonchev–Trinajstić information content (AvgIpc) is 2.41. The molecule has 1 aliphatic rings. The van der Waals surface area contributed by atoms with Gasteiger partial charge < -0.3 is 5.11 Å². The van der Waals surface area contributed by atoms with Crippen molar-refractivity contribution in [3.8, 4) is 0 Å². The molecular formula is C12H13BrClNO4S. The van der Waals surface area contributed by atoms with E-state index < -0.39 is 22.0 Å². The van der Waals surface area contributed by atoms with Crippen LogP contribution in [0.1, 0.15) is 19.3 Å². The van der Waals surface area contributed by atoms with Crippen molar-refractivity contribution in [2.75, 3.05) is 6.54 Å². The second-order valence-corrected chi connectivity index (χ2v) is 7.69. The fourth-order valence-corrected chi connectivity index (χ4v) is 4.54. The standard InChI is InChI=1S/C12H13BrClNO4S/c13-9-7-8(4-5-10(9)14)20(18,19)15-6-2-1-3-11(15)12(16)17/h4-5,7,11H,1-3,6H2,(H,16,17)/t11-/m1/s1. The highest BCUT2D eigenvalue weighted by Gasteiger charge is 2.37. The minimum atomic E-state index is -3.83. The average molecular weight is 383 g/mol. The smallest absolute Gasteiger partial charge is 0.322 e. The first kappa shape index (κ1) is 15.8. The Morgan fingerprint density at radius 3 is 2.70 bits per heavy atom. The molecule has 0 radical (unpaired) electrons. The number of nitrogens with zero attached hydrogens (tertiary/aromatic N) is 1. The van der Waals surface area contributed by atoms with Gasteiger partial charge in [0.05, 0.1) is 9.92 Å². The number of sulfonamides is 1. The number of halogens is 2. The molecule has 0 saturated carbocycles. The Morgan fingerprint density at radius 1 is 1.40 bits per heavy atom. The predicted octanol–water partition coefficient (Wildman–Crippen LogP) is 2.73. The lowest BCUT2D eigenvalue weighted by atomic mass is 10.1. The van der Waals surface area contributed by atoms with Crippen molar-refractivity contribution in [1.82, 2.24) is 4.31 Å². The summed E-state index contributed by atoms with van der Waals surface area (Å²) in [6, 6.07) is 3.25. The number of hydrogen-bond acceptors (Lipinski definition) is 3. The normalized spacial score (nSPS) is 20.8. The zero-order valence-electron chi connectivity index (χ0n) is 10.4. The lowest BCUT2D eigenvalue weighted by Crippen LogP contribution is -2.47. The third-order valence-electron chi connectivity index (χ3n) is 3.24. The minimum absolute atomic E-state index is 0.0434. The van der Waals surface area contributed by atoms with Crippen LogP contribution in [0.4, 0.5) is 0 Å². The van der Waals surface area contributed by atoms with Gasteiger partial charge in [-0.2, -0.15) is 4.31 Å². The van der Waals surface area contributed by atoms with Crippen molar-refractivity contribution < 1.29 is 18.3 Å². The van der Waals surface area contributed by atoms with E-state index in [1.807, 2.05) is 0 Å². The Morgan fingerprint density at radius 2 is 2.10 bits per heavy atom. The Hall–Kier alpha value is -0.630. The van der Waals surface area contributed by atoms with Gasteiger partial charge in [-0.05, 0) is 53.4 Å². The second-order valence-electron chi connectivity index (χ2n) is 4.54. The topological polar surface area (TPSA) is 74.7 Å². The van der Waals surface area contributed by atoms with Crippen LogP contribution in [0.2, 0.25) is 5.02 Å². The first-order chi connectivity index (χ1) is 9.34. The molecule has 1 aromatic carbocycles. The molecule has 1 aliphatic heterocycles. The van der Waals surface area contributed by atoms with Gasteiger partial charge in [-0.25, -0.2) is 8.42 Å². The van der Waals surface area contributed by atoms with Crippen LogP contribution in [-0.2, 0) is 14.8 Å². The van der Waals surface area contributed by atoms with E-state index in [2.05, 4.69) is 15.9 Å². The van der Waals surface area contributed by atoms with Crippen LogP contribution in [0.15, 0.2) is 27.6 Å². The van der Waals surface area contributed by atoms with Crippen molar-refractivity contribution in [3.63, 3.8) is 0 Å². The van der Waals surface area contributed by atoms with Gasteiger partial charge in [0.2, 0.25) is 10.0 Å².